The third kappa shape index (κ3) is 5.00. The molecule has 2 aromatic carbocycles. The molecule has 0 saturated heterocycles. The van der Waals surface area contributed by atoms with Gasteiger partial charge in [-0.15, -0.1) is 0 Å². The molecule has 2 aromatic rings. The van der Waals surface area contributed by atoms with E-state index in [9.17, 15) is 14.4 Å². The first kappa shape index (κ1) is 20.5. The molecule has 0 bridgehead atoms. The molecule has 3 rings (SSSR count). The van der Waals surface area contributed by atoms with Crippen LogP contribution in [0.25, 0.3) is 0 Å². The maximum absolute atomic E-state index is 12.4. The lowest BCUT2D eigenvalue weighted by Crippen LogP contribution is -2.38. The number of amides is 2. The highest BCUT2D eigenvalue weighted by Gasteiger charge is 2.26. The van der Waals surface area contributed by atoms with Gasteiger partial charge in [-0.1, -0.05) is 12.1 Å². The van der Waals surface area contributed by atoms with Crippen LogP contribution in [0.4, 0.5) is 5.69 Å². The first-order valence-electron chi connectivity index (χ1n) is 9.44. The van der Waals surface area contributed by atoms with E-state index in [-0.39, 0.29) is 24.2 Å². The van der Waals surface area contributed by atoms with Crippen molar-refractivity contribution in [1.82, 2.24) is 5.32 Å². The number of rotatable bonds is 8. The van der Waals surface area contributed by atoms with Crippen molar-refractivity contribution >= 4 is 23.3 Å². The maximum Gasteiger partial charge on any atom is 0.265 e. The van der Waals surface area contributed by atoms with E-state index in [1.165, 1.54) is 6.92 Å². The van der Waals surface area contributed by atoms with Crippen LogP contribution in [0.5, 0.6) is 5.75 Å². The van der Waals surface area contributed by atoms with E-state index >= 15 is 0 Å². The lowest BCUT2D eigenvalue weighted by Gasteiger charge is -2.29. The molecule has 1 heterocycles. The minimum absolute atomic E-state index is 0.0472. The van der Waals surface area contributed by atoms with E-state index in [0.717, 1.165) is 12.0 Å². The van der Waals surface area contributed by atoms with E-state index in [1.54, 1.807) is 42.3 Å². The van der Waals surface area contributed by atoms with Crippen molar-refractivity contribution in [2.45, 2.75) is 19.9 Å². The summed E-state index contributed by atoms with van der Waals surface area (Å²) in [6, 6.07) is 12.2. The van der Waals surface area contributed by atoms with Crippen LogP contribution in [-0.4, -0.2) is 44.5 Å². The summed E-state index contributed by atoms with van der Waals surface area (Å²) in [7, 11) is 1.62. The number of hydrogen-bond acceptors (Lipinski definition) is 5. The summed E-state index contributed by atoms with van der Waals surface area (Å²) in [5.41, 5.74) is 2.52. The third-order valence-electron chi connectivity index (χ3n) is 4.68. The number of nitrogens with zero attached hydrogens (tertiary/aromatic N) is 1. The van der Waals surface area contributed by atoms with Crippen LogP contribution >= 0.6 is 0 Å². The predicted molar refractivity (Wildman–Crippen MR) is 108 cm³/mol. The fraction of sp³-hybridized carbons (Fsp3) is 0.318. The van der Waals surface area contributed by atoms with Crippen molar-refractivity contribution in [2.75, 3.05) is 31.8 Å². The number of fused-ring (bicyclic) bond motifs is 1. The van der Waals surface area contributed by atoms with Gasteiger partial charge in [0.25, 0.3) is 11.8 Å². The molecule has 29 heavy (non-hydrogen) atoms. The highest BCUT2D eigenvalue weighted by atomic mass is 16.5. The number of methoxy groups -OCH3 is 1. The largest absolute Gasteiger partial charge is 0.482 e. The van der Waals surface area contributed by atoms with Gasteiger partial charge in [0.1, 0.15) is 5.75 Å². The molecule has 1 aliphatic heterocycles. The van der Waals surface area contributed by atoms with E-state index in [0.29, 0.717) is 42.3 Å². The second kappa shape index (κ2) is 9.34. The minimum Gasteiger partial charge on any atom is -0.482 e. The molecule has 1 N–H and O–H groups in total. The summed E-state index contributed by atoms with van der Waals surface area (Å²) >= 11 is 0. The van der Waals surface area contributed by atoms with Gasteiger partial charge in [-0.2, -0.15) is 0 Å². The Labute approximate surface area is 169 Å². The molecule has 0 unspecified atom stereocenters. The number of carbonyl (C=O) groups excluding carboxylic acids is 3. The van der Waals surface area contributed by atoms with E-state index in [2.05, 4.69) is 5.32 Å². The maximum atomic E-state index is 12.4. The zero-order valence-electron chi connectivity index (χ0n) is 16.6. The van der Waals surface area contributed by atoms with E-state index < -0.39 is 0 Å². The van der Waals surface area contributed by atoms with Crippen molar-refractivity contribution in [2.24, 2.45) is 0 Å². The zero-order chi connectivity index (χ0) is 20.8. The van der Waals surface area contributed by atoms with Gasteiger partial charge in [0.2, 0.25) is 0 Å². The molecule has 7 heteroatoms. The Bertz CT molecular complexity index is 908. The number of ketones is 1. The van der Waals surface area contributed by atoms with E-state index in [4.69, 9.17) is 9.47 Å². The number of carbonyl (C=O) groups is 3. The van der Waals surface area contributed by atoms with Gasteiger partial charge in [0.05, 0.1) is 12.2 Å². The summed E-state index contributed by atoms with van der Waals surface area (Å²) in [6.45, 7) is 2.91. The Morgan fingerprint density at radius 2 is 1.86 bits per heavy atom. The fourth-order valence-corrected chi connectivity index (χ4v) is 3.06. The predicted octanol–water partition coefficient (Wildman–Crippen LogP) is 2.58. The van der Waals surface area contributed by atoms with Gasteiger partial charge in [-0.25, -0.2) is 0 Å². The van der Waals surface area contributed by atoms with Crippen molar-refractivity contribution in [3.63, 3.8) is 0 Å². The normalized spacial score (nSPS) is 12.9. The molecule has 152 valence electrons. The number of ether oxygens (including phenoxy) is 2. The summed E-state index contributed by atoms with van der Waals surface area (Å²) in [4.78, 5) is 37.9. The topological polar surface area (TPSA) is 84.9 Å². The standard InChI is InChI=1S/C22H24N2O5/c1-15(25)18-8-9-20-19(12-18)24(21(26)14-29-20)13-16-4-6-17(7-5-16)22(27)23-10-3-11-28-2/h4-9,12H,3,10-11,13-14H2,1-2H3,(H,23,27). The molecule has 0 saturated carbocycles. The van der Waals surface area contributed by atoms with Crippen molar-refractivity contribution in [3.05, 3.63) is 59.2 Å². The molecule has 0 atom stereocenters. The van der Waals surface area contributed by atoms with Crippen molar-refractivity contribution < 1.29 is 23.9 Å². The number of hydrogen-bond donors (Lipinski definition) is 1. The smallest absolute Gasteiger partial charge is 0.265 e. The average molecular weight is 396 g/mol. The monoisotopic (exact) mass is 396 g/mol. The molecule has 0 aliphatic carbocycles. The Hall–Kier alpha value is -3.19. The van der Waals surface area contributed by atoms with Crippen molar-refractivity contribution in [1.29, 1.82) is 0 Å². The first-order chi connectivity index (χ1) is 14.0. The van der Waals surface area contributed by atoms with Gasteiger partial charge < -0.3 is 19.7 Å². The van der Waals surface area contributed by atoms with E-state index in [1.807, 2.05) is 12.1 Å². The zero-order valence-corrected chi connectivity index (χ0v) is 16.6. The minimum atomic E-state index is -0.182. The molecule has 7 nitrogen and oxygen atoms in total. The number of Topliss-reactive ketones (excluding diaryl/α,β-unsaturated/α-hetero) is 1. The van der Waals surface area contributed by atoms with Gasteiger partial charge in [-0.05, 0) is 49.2 Å². The summed E-state index contributed by atoms with van der Waals surface area (Å²) in [6.07, 6.45) is 0.751. The van der Waals surface area contributed by atoms with Crippen molar-refractivity contribution in [3.8, 4) is 5.75 Å². The molecule has 1 aliphatic rings. The van der Waals surface area contributed by atoms with Gasteiger partial charge in [0, 0.05) is 31.4 Å². The van der Waals surface area contributed by atoms with Gasteiger partial charge in [0.15, 0.2) is 12.4 Å². The van der Waals surface area contributed by atoms with Crippen LogP contribution in [0.1, 0.15) is 39.6 Å². The Kier molecular flexibility index (Phi) is 6.61. The molecule has 0 fully saturated rings. The quantitative estimate of drug-likeness (QED) is 0.548. The lowest BCUT2D eigenvalue weighted by molar-refractivity contribution is -0.121. The fourth-order valence-electron chi connectivity index (χ4n) is 3.06. The first-order valence-corrected chi connectivity index (χ1v) is 9.44. The second-order valence-corrected chi connectivity index (χ2v) is 6.81. The van der Waals surface area contributed by atoms with Gasteiger partial charge >= 0.3 is 0 Å². The van der Waals surface area contributed by atoms with Crippen LogP contribution in [0.3, 0.4) is 0 Å². The molecule has 0 aromatic heterocycles. The second-order valence-electron chi connectivity index (χ2n) is 6.81. The Morgan fingerprint density at radius 1 is 1.14 bits per heavy atom. The number of anilines is 1. The van der Waals surface area contributed by atoms with Crippen LogP contribution < -0.4 is 15.0 Å². The highest BCUT2D eigenvalue weighted by molar-refractivity contribution is 6.01. The Balaban J connectivity index is 1.72. The number of nitrogens with one attached hydrogen (secondary N) is 1. The molecular weight excluding hydrogens is 372 g/mol. The van der Waals surface area contributed by atoms with Crippen LogP contribution in [0.15, 0.2) is 42.5 Å². The lowest BCUT2D eigenvalue weighted by atomic mass is 10.1. The molecule has 0 spiro atoms. The molecular formula is C22H24N2O5. The third-order valence-corrected chi connectivity index (χ3v) is 4.68. The summed E-state index contributed by atoms with van der Waals surface area (Å²) < 4.78 is 10.4. The SMILES string of the molecule is COCCCNC(=O)c1ccc(CN2C(=O)COc3ccc(C(C)=O)cc32)cc1. The highest BCUT2D eigenvalue weighted by Crippen LogP contribution is 2.34. The van der Waals surface area contributed by atoms with Gasteiger partial charge in [-0.3, -0.25) is 14.4 Å². The molecule has 2 amide bonds. The number of benzene rings is 2. The average Bonchev–Trinajstić information content (AvgIpc) is 2.73. The Morgan fingerprint density at radius 3 is 2.55 bits per heavy atom. The van der Waals surface area contributed by atoms with Crippen LogP contribution in [0.2, 0.25) is 0 Å². The van der Waals surface area contributed by atoms with Crippen LogP contribution in [0, 0.1) is 0 Å². The molecule has 0 radical (unpaired) electrons. The van der Waals surface area contributed by atoms with Crippen LogP contribution in [-0.2, 0) is 16.1 Å². The summed E-state index contributed by atoms with van der Waals surface area (Å²) in [5.74, 6) is 0.165. The summed E-state index contributed by atoms with van der Waals surface area (Å²) in [5, 5.41) is 2.84.